The Balaban J connectivity index is 0.00000363. The number of aliphatic hydroxyl groups excluding tert-OH is 2. The third-order valence-corrected chi connectivity index (χ3v) is 7.87. The van der Waals surface area contributed by atoms with Crippen LogP contribution in [-0.4, -0.2) is 26.7 Å². The van der Waals surface area contributed by atoms with E-state index in [1.165, 1.54) is 16.9 Å². The van der Waals surface area contributed by atoms with Crippen molar-refractivity contribution in [2.24, 2.45) is 11.8 Å². The molecule has 1 fully saturated rings. The van der Waals surface area contributed by atoms with Gasteiger partial charge in [-0.2, -0.15) is 0 Å². The molecule has 5 atom stereocenters. The number of aryl methyl sites for hydroxylation is 2. The maximum Gasteiger partial charge on any atom is 0.114 e. The van der Waals surface area contributed by atoms with Crippen LogP contribution in [0.1, 0.15) is 80.5 Å². The Bertz CT molecular complexity index is 808. The first-order valence-electron chi connectivity index (χ1n) is 11.6. The fourth-order valence-electron chi connectivity index (χ4n) is 4.83. The zero-order valence-corrected chi connectivity index (χ0v) is 23.3. The maximum atomic E-state index is 13.0. The normalized spacial score (nSPS) is 23.8. The van der Waals surface area contributed by atoms with E-state index in [1.54, 1.807) is 0 Å². The molecule has 1 radical (unpaired) electrons. The van der Waals surface area contributed by atoms with E-state index in [1.807, 2.05) is 12.1 Å². The molecule has 3 nitrogen and oxygen atoms in total. The predicted octanol–water partition coefficient (Wildman–Crippen LogP) is 6.25. The fourth-order valence-corrected chi connectivity index (χ4v) is 5.95. The third-order valence-electron chi connectivity index (χ3n) is 6.56. The molecule has 7 heteroatoms. The first-order valence-corrected chi connectivity index (χ1v) is 12.8. The van der Waals surface area contributed by atoms with Gasteiger partial charge in [0.2, 0.25) is 0 Å². The van der Waals surface area contributed by atoms with Crippen LogP contribution in [0, 0.1) is 23.2 Å². The molecule has 1 aromatic heterocycles. The van der Waals surface area contributed by atoms with Gasteiger partial charge in [0.1, 0.15) is 5.95 Å². The number of nitrogens with zero attached hydrogens (tertiary/aromatic N) is 1. The number of aliphatic hydroxyl groups is 2. The van der Waals surface area contributed by atoms with E-state index in [4.69, 9.17) is 11.6 Å². The van der Waals surface area contributed by atoms with E-state index >= 15 is 0 Å². The van der Waals surface area contributed by atoms with Crippen molar-refractivity contribution < 1.29 is 47.3 Å². The summed E-state index contributed by atoms with van der Waals surface area (Å²) in [5.74, 6) is -0.106. The fraction of sp³-hybridized carbons (Fsp3) is 0.640. The van der Waals surface area contributed by atoms with E-state index in [9.17, 15) is 14.6 Å². The van der Waals surface area contributed by atoms with Crippen molar-refractivity contribution >= 4 is 22.9 Å². The summed E-state index contributed by atoms with van der Waals surface area (Å²) in [7, 11) is 0. The van der Waals surface area contributed by atoms with Crippen LogP contribution in [-0.2, 0) is 45.6 Å². The Morgan fingerprint density at radius 3 is 2.75 bits per heavy atom. The Hall–Kier alpha value is 0.0939. The van der Waals surface area contributed by atoms with Gasteiger partial charge >= 0.3 is 0 Å². The molecule has 175 valence electrons. The molecule has 0 spiro atoms. The van der Waals surface area contributed by atoms with Gasteiger partial charge in [-0.15, -0.1) is 17.0 Å². The van der Waals surface area contributed by atoms with Gasteiger partial charge in [0.05, 0.1) is 12.2 Å². The Morgan fingerprint density at radius 1 is 1.22 bits per heavy atom. The Morgan fingerprint density at radius 2 is 2.03 bits per heavy atom. The van der Waals surface area contributed by atoms with Crippen LogP contribution in [0.25, 0.3) is 0 Å². The minimum atomic E-state index is -0.530. The predicted molar refractivity (Wildman–Crippen MR) is 125 cm³/mol. The van der Waals surface area contributed by atoms with E-state index in [-0.39, 0.29) is 56.0 Å². The van der Waals surface area contributed by atoms with Crippen LogP contribution in [0.3, 0.4) is 0 Å². The summed E-state index contributed by atoms with van der Waals surface area (Å²) in [6.07, 6.45) is 8.26. The number of hydrogen-bond donors (Lipinski definition) is 2. The van der Waals surface area contributed by atoms with Crippen molar-refractivity contribution in [3.63, 3.8) is 0 Å². The minimum absolute atomic E-state index is 0. The number of thiazole rings is 1. The van der Waals surface area contributed by atoms with Gasteiger partial charge in [-0.05, 0) is 55.1 Å². The second kappa shape index (κ2) is 14.5. The third kappa shape index (κ3) is 8.39. The van der Waals surface area contributed by atoms with Gasteiger partial charge in [0.15, 0.2) is 0 Å². The standard InChI is InChI=1S/C25H34ClFNO2S.Y/c1-2-3-4-10-22(29)18-8-5-7-17(14-18)12-13-19-20(23(30)15-21(19)26)9-6-11-25-28-24(27)16-31-25;/h5,7-8,14,19-23,29-30H,2-4,6,9-13,15H2,1H3;/q-1;/t19-,20-,21?,22?,23?;/m1./s1. The SMILES string of the molecule is CCCCCC(O)c1cccc(CC[C@H]2C(Cl)CC(O)[C@@H]2CCCc2nc(F)[c-]s2)c1.[Y]. The summed E-state index contributed by atoms with van der Waals surface area (Å²) in [6, 6.07) is 8.26. The van der Waals surface area contributed by atoms with Crippen molar-refractivity contribution in [1.29, 1.82) is 0 Å². The molecule has 2 N–H and O–H groups in total. The average molecular weight is 556 g/mol. The molecule has 3 unspecified atom stereocenters. The molecule has 2 aromatic rings. The largest absolute Gasteiger partial charge is 0.393 e. The number of aromatic nitrogens is 1. The molecule has 0 aliphatic heterocycles. The first kappa shape index (κ1) is 28.3. The van der Waals surface area contributed by atoms with Crippen LogP contribution < -0.4 is 0 Å². The molecule has 1 aliphatic rings. The van der Waals surface area contributed by atoms with Gasteiger partial charge < -0.3 is 26.5 Å². The van der Waals surface area contributed by atoms with Crippen LogP contribution in [0.15, 0.2) is 24.3 Å². The zero-order valence-electron chi connectivity index (χ0n) is 18.9. The molecule has 1 aliphatic carbocycles. The van der Waals surface area contributed by atoms with Crippen molar-refractivity contribution in [1.82, 2.24) is 4.98 Å². The molecule has 1 heterocycles. The molecule has 0 saturated heterocycles. The van der Waals surface area contributed by atoms with Crippen molar-refractivity contribution in [2.45, 2.75) is 88.7 Å². The molecule has 0 amide bonds. The van der Waals surface area contributed by atoms with Crippen LogP contribution >= 0.6 is 22.9 Å². The summed E-state index contributed by atoms with van der Waals surface area (Å²) >= 11 is 7.85. The first-order chi connectivity index (χ1) is 15.0. The van der Waals surface area contributed by atoms with Crippen molar-refractivity contribution in [2.75, 3.05) is 0 Å². The zero-order chi connectivity index (χ0) is 22.2. The van der Waals surface area contributed by atoms with Gasteiger partial charge in [-0.3, -0.25) is 0 Å². The van der Waals surface area contributed by atoms with Crippen LogP contribution in [0.5, 0.6) is 0 Å². The maximum absolute atomic E-state index is 13.0. The summed E-state index contributed by atoms with van der Waals surface area (Å²) in [4.78, 5) is 3.84. The van der Waals surface area contributed by atoms with E-state index in [0.717, 1.165) is 61.9 Å². The Labute approximate surface area is 226 Å². The summed E-state index contributed by atoms with van der Waals surface area (Å²) < 4.78 is 13.0. The smallest absolute Gasteiger partial charge is 0.114 e. The average Bonchev–Trinajstić information content (AvgIpc) is 3.28. The molecule has 1 aromatic carbocycles. The van der Waals surface area contributed by atoms with E-state index < -0.39 is 12.1 Å². The molecule has 0 bridgehead atoms. The number of halogens is 2. The molecule has 3 rings (SSSR count). The van der Waals surface area contributed by atoms with Crippen molar-refractivity contribution in [3.8, 4) is 0 Å². The minimum Gasteiger partial charge on any atom is -0.393 e. The second-order valence-corrected chi connectivity index (χ2v) is 10.3. The van der Waals surface area contributed by atoms with Crippen molar-refractivity contribution in [3.05, 3.63) is 51.7 Å². The number of alkyl halides is 1. The summed E-state index contributed by atoms with van der Waals surface area (Å²) in [5, 5.41) is 24.3. The summed E-state index contributed by atoms with van der Waals surface area (Å²) in [6.45, 7) is 2.17. The Kier molecular flexibility index (Phi) is 12.8. The van der Waals surface area contributed by atoms with Gasteiger partial charge in [0, 0.05) is 38.1 Å². The van der Waals surface area contributed by atoms with Crippen LogP contribution in [0.4, 0.5) is 4.39 Å². The topological polar surface area (TPSA) is 53.4 Å². The quantitative estimate of drug-likeness (QED) is 0.185. The van der Waals surface area contributed by atoms with E-state index in [0.29, 0.717) is 12.8 Å². The van der Waals surface area contributed by atoms with Gasteiger partial charge in [-0.25, -0.2) is 4.39 Å². The van der Waals surface area contributed by atoms with Crippen LogP contribution in [0.2, 0.25) is 0 Å². The van der Waals surface area contributed by atoms with Gasteiger partial charge in [-0.1, -0.05) is 68.3 Å². The number of benzene rings is 1. The van der Waals surface area contributed by atoms with Gasteiger partial charge in [0.25, 0.3) is 0 Å². The molecular weight excluding hydrogens is 522 g/mol. The molecular formula is C25H34ClFNO2SY-. The second-order valence-electron chi connectivity index (χ2n) is 8.83. The van der Waals surface area contributed by atoms with E-state index in [2.05, 4.69) is 29.4 Å². The molecule has 1 saturated carbocycles. The molecule has 32 heavy (non-hydrogen) atoms. The number of rotatable bonds is 12. The number of unbranched alkanes of at least 4 members (excludes halogenated alkanes) is 2. The summed E-state index contributed by atoms with van der Waals surface area (Å²) in [5.41, 5.74) is 2.20. The number of hydrogen-bond acceptors (Lipinski definition) is 4. The monoisotopic (exact) mass is 555 g/mol.